The summed E-state index contributed by atoms with van der Waals surface area (Å²) in [5.41, 5.74) is 0. The third-order valence-corrected chi connectivity index (χ3v) is 5.81. The van der Waals surface area contributed by atoms with E-state index in [-0.39, 0.29) is 23.5 Å². The number of sulfone groups is 1. The molecule has 2 aliphatic rings. The van der Waals surface area contributed by atoms with Gasteiger partial charge in [0, 0.05) is 51.7 Å². The van der Waals surface area contributed by atoms with Crippen LogP contribution < -0.4 is 5.32 Å². The molecule has 0 aromatic heterocycles. The van der Waals surface area contributed by atoms with Crippen LogP contribution in [0.15, 0.2) is 0 Å². The quantitative estimate of drug-likeness (QED) is 0.761. The molecular weight excluding hydrogens is 290 g/mol. The van der Waals surface area contributed by atoms with Gasteiger partial charge < -0.3 is 10.2 Å². The summed E-state index contributed by atoms with van der Waals surface area (Å²) in [6, 6.07) is -0.218. The van der Waals surface area contributed by atoms with Crippen LogP contribution in [0.4, 0.5) is 0 Å². The second-order valence-electron chi connectivity index (χ2n) is 6.54. The average molecular weight is 317 g/mol. The molecule has 2 fully saturated rings. The lowest BCUT2D eigenvalue weighted by molar-refractivity contribution is -0.133. The van der Waals surface area contributed by atoms with Gasteiger partial charge >= 0.3 is 0 Å². The smallest absolute Gasteiger partial charge is 0.224 e. The van der Waals surface area contributed by atoms with Crippen LogP contribution in [-0.4, -0.2) is 80.9 Å². The lowest BCUT2D eigenvalue weighted by Crippen LogP contribution is -2.52. The molecule has 6 nitrogen and oxygen atoms in total. The summed E-state index contributed by atoms with van der Waals surface area (Å²) in [5, 5.41) is 3.14. The number of rotatable bonds is 4. The summed E-state index contributed by atoms with van der Waals surface area (Å²) in [6.45, 7) is 9.28. The van der Waals surface area contributed by atoms with Gasteiger partial charge in [-0.05, 0) is 5.92 Å². The molecule has 7 heteroatoms. The van der Waals surface area contributed by atoms with Crippen LogP contribution in [0.3, 0.4) is 0 Å². The minimum absolute atomic E-state index is 0.0776. The fourth-order valence-corrected chi connectivity index (χ4v) is 4.48. The topological polar surface area (TPSA) is 69.7 Å². The molecule has 1 amide bonds. The van der Waals surface area contributed by atoms with Crippen LogP contribution in [0, 0.1) is 5.92 Å². The standard InChI is InChI=1S/C14H27N3O3S/c1-12(2)10-16-4-6-17(7-5-16)14(18)9-13-11-21(19,20)8-3-15-13/h12-13,15H,3-11H2,1-2H3. The molecule has 2 saturated heterocycles. The van der Waals surface area contributed by atoms with Crippen LogP contribution in [0.5, 0.6) is 0 Å². The van der Waals surface area contributed by atoms with Gasteiger partial charge in [-0.1, -0.05) is 13.8 Å². The minimum atomic E-state index is -2.97. The number of nitrogens with zero attached hydrogens (tertiary/aromatic N) is 2. The number of carbonyl (C=O) groups is 1. The third kappa shape index (κ3) is 5.23. The monoisotopic (exact) mass is 317 g/mol. The van der Waals surface area contributed by atoms with Crippen molar-refractivity contribution in [1.29, 1.82) is 0 Å². The maximum atomic E-state index is 12.3. The highest BCUT2D eigenvalue weighted by Crippen LogP contribution is 2.10. The van der Waals surface area contributed by atoms with Gasteiger partial charge in [-0.3, -0.25) is 9.69 Å². The van der Waals surface area contributed by atoms with Crippen molar-refractivity contribution in [2.45, 2.75) is 26.3 Å². The largest absolute Gasteiger partial charge is 0.340 e. The molecule has 0 bridgehead atoms. The molecule has 2 aliphatic heterocycles. The molecule has 2 rings (SSSR count). The highest BCUT2D eigenvalue weighted by Gasteiger charge is 2.28. The van der Waals surface area contributed by atoms with Crippen LogP contribution in [0.1, 0.15) is 20.3 Å². The second-order valence-corrected chi connectivity index (χ2v) is 8.77. The van der Waals surface area contributed by atoms with Crippen molar-refractivity contribution in [3.63, 3.8) is 0 Å². The van der Waals surface area contributed by atoms with Crippen molar-refractivity contribution in [1.82, 2.24) is 15.1 Å². The summed E-state index contributed by atoms with van der Waals surface area (Å²) >= 11 is 0. The van der Waals surface area contributed by atoms with E-state index >= 15 is 0 Å². The molecule has 0 aromatic carbocycles. The molecule has 0 aromatic rings. The van der Waals surface area contributed by atoms with E-state index < -0.39 is 9.84 Å². The Kier molecular flexibility index (Phi) is 5.62. The first-order valence-corrected chi connectivity index (χ1v) is 9.62. The highest BCUT2D eigenvalue weighted by molar-refractivity contribution is 7.91. The molecule has 21 heavy (non-hydrogen) atoms. The predicted octanol–water partition coefficient (Wildman–Crippen LogP) is -0.437. The minimum Gasteiger partial charge on any atom is -0.340 e. The van der Waals surface area contributed by atoms with Gasteiger partial charge in [-0.25, -0.2) is 8.42 Å². The Hall–Kier alpha value is -0.660. The molecule has 0 spiro atoms. The summed E-state index contributed by atoms with van der Waals surface area (Å²) < 4.78 is 23.2. The van der Waals surface area contributed by atoms with Gasteiger partial charge in [0.2, 0.25) is 5.91 Å². The van der Waals surface area contributed by atoms with Crippen molar-refractivity contribution < 1.29 is 13.2 Å². The van der Waals surface area contributed by atoms with Crippen LogP contribution in [0.25, 0.3) is 0 Å². The zero-order valence-electron chi connectivity index (χ0n) is 13.0. The molecule has 0 saturated carbocycles. The van der Waals surface area contributed by atoms with E-state index in [1.807, 2.05) is 4.90 Å². The predicted molar refractivity (Wildman–Crippen MR) is 82.9 cm³/mol. The number of hydrogen-bond acceptors (Lipinski definition) is 5. The first kappa shape index (κ1) is 16.7. The Morgan fingerprint density at radius 1 is 1.24 bits per heavy atom. The SMILES string of the molecule is CC(C)CN1CCN(C(=O)CC2CS(=O)(=O)CCN2)CC1. The van der Waals surface area contributed by atoms with Gasteiger partial charge in [0.15, 0.2) is 9.84 Å². The van der Waals surface area contributed by atoms with Gasteiger partial charge in [0.1, 0.15) is 0 Å². The lowest BCUT2D eigenvalue weighted by atomic mass is 10.1. The van der Waals surface area contributed by atoms with Crippen LogP contribution in [0.2, 0.25) is 0 Å². The van der Waals surface area contributed by atoms with Crippen LogP contribution in [-0.2, 0) is 14.6 Å². The molecular formula is C14H27N3O3S. The number of hydrogen-bond donors (Lipinski definition) is 1. The Labute approximate surface area is 127 Å². The summed E-state index contributed by atoms with van der Waals surface area (Å²) in [7, 11) is -2.97. The summed E-state index contributed by atoms with van der Waals surface area (Å²) in [4.78, 5) is 16.5. The zero-order chi connectivity index (χ0) is 15.5. The second kappa shape index (κ2) is 7.07. The summed E-state index contributed by atoms with van der Waals surface area (Å²) in [6.07, 6.45) is 0.295. The summed E-state index contributed by atoms with van der Waals surface area (Å²) in [5.74, 6) is 0.996. The van der Waals surface area contributed by atoms with E-state index in [4.69, 9.17) is 0 Å². The fourth-order valence-electron chi connectivity index (χ4n) is 3.03. The maximum Gasteiger partial charge on any atom is 0.224 e. The van der Waals surface area contributed by atoms with Crippen molar-refractivity contribution in [2.24, 2.45) is 5.92 Å². The molecule has 2 heterocycles. The van der Waals surface area contributed by atoms with Gasteiger partial charge in [0.25, 0.3) is 0 Å². The Bertz CT molecular complexity index is 456. The molecule has 1 N–H and O–H groups in total. The number of nitrogens with one attached hydrogen (secondary N) is 1. The van der Waals surface area contributed by atoms with Crippen molar-refractivity contribution in [3.8, 4) is 0 Å². The van der Waals surface area contributed by atoms with Gasteiger partial charge in [-0.2, -0.15) is 0 Å². The molecule has 0 radical (unpaired) electrons. The Balaban J connectivity index is 1.77. The van der Waals surface area contributed by atoms with E-state index in [0.29, 0.717) is 18.9 Å². The van der Waals surface area contributed by atoms with Gasteiger partial charge in [-0.15, -0.1) is 0 Å². The number of carbonyl (C=O) groups excluding carboxylic acids is 1. The molecule has 122 valence electrons. The number of amides is 1. The maximum absolute atomic E-state index is 12.3. The normalized spacial score (nSPS) is 27.0. The van der Waals surface area contributed by atoms with Crippen molar-refractivity contribution in [3.05, 3.63) is 0 Å². The molecule has 1 atom stereocenters. The van der Waals surface area contributed by atoms with E-state index in [1.165, 1.54) is 0 Å². The fraction of sp³-hybridized carbons (Fsp3) is 0.929. The van der Waals surface area contributed by atoms with Crippen molar-refractivity contribution in [2.75, 3.05) is 50.8 Å². The van der Waals surface area contributed by atoms with E-state index in [9.17, 15) is 13.2 Å². The lowest BCUT2D eigenvalue weighted by Gasteiger charge is -2.36. The third-order valence-electron chi connectivity index (χ3n) is 4.07. The number of piperazine rings is 1. The highest BCUT2D eigenvalue weighted by atomic mass is 32.2. The zero-order valence-corrected chi connectivity index (χ0v) is 13.9. The molecule has 1 unspecified atom stereocenters. The first-order chi connectivity index (χ1) is 9.85. The van der Waals surface area contributed by atoms with E-state index in [1.54, 1.807) is 0 Å². The van der Waals surface area contributed by atoms with E-state index in [2.05, 4.69) is 24.1 Å². The Morgan fingerprint density at radius 3 is 2.48 bits per heavy atom. The van der Waals surface area contributed by atoms with Gasteiger partial charge in [0.05, 0.1) is 11.5 Å². The van der Waals surface area contributed by atoms with Crippen LogP contribution >= 0.6 is 0 Å². The average Bonchev–Trinajstić information content (AvgIpc) is 2.37. The Morgan fingerprint density at radius 2 is 1.90 bits per heavy atom. The van der Waals surface area contributed by atoms with E-state index in [0.717, 1.165) is 32.7 Å². The first-order valence-electron chi connectivity index (χ1n) is 7.79. The van der Waals surface area contributed by atoms with Crippen molar-refractivity contribution >= 4 is 15.7 Å². The molecule has 0 aliphatic carbocycles.